The second-order valence-electron chi connectivity index (χ2n) is 3.98. The van der Waals surface area contributed by atoms with Crippen molar-refractivity contribution >= 4 is 5.97 Å². The zero-order valence-corrected chi connectivity index (χ0v) is 8.95. The highest BCUT2D eigenvalue weighted by molar-refractivity contribution is 5.74. The Morgan fingerprint density at radius 1 is 1.56 bits per heavy atom. The van der Waals surface area contributed by atoms with Crippen molar-refractivity contribution in [1.82, 2.24) is 14.8 Å². The third-order valence-electron chi connectivity index (χ3n) is 2.68. The largest absolute Gasteiger partial charge is 0.460 e. The van der Waals surface area contributed by atoms with Gasteiger partial charge in [-0.1, -0.05) is 0 Å². The number of aromatic nitrogens is 3. The molecule has 0 bridgehead atoms. The fourth-order valence-corrected chi connectivity index (χ4v) is 1.83. The molecule has 0 saturated heterocycles. The highest BCUT2D eigenvalue weighted by atomic mass is 16.6. The number of carbonyl (C=O) groups excluding carboxylic acids is 1. The van der Waals surface area contributed by atoms with Gasteiger partial charge in [0.2, 0.25) is 0 Å². The maximum absolute atomic E-state index is 11.5. The summed E-state index contributed by atoms with van der Waals surface area (Å²) >= 11 is 0. The molecule has 16 heavy (non-hydrogen) atoms. The van der Waals surface area contributed by atoms with Crippen molar-refractivity contribution < 1.29 is 14.6 Å². The van der Waals surface area contributed by atoms with Crippen LogP contribution in [0.5, 0.6) is 0 Å². The van der Waals surface area contributed by atoms with Gasteiger partial charge in [-0.2, -0.15) is 5.10 Å². The first-order valence-corrected chi connectivity index (χ1v) is 5.46. The van der Waals surface area contributed by atoms with Crippen LogP contribution in [0.3, 0.4) is 0 Å². The van der Waals surface area contributed by atoms with Crippen molar-refractivity contribution in [3.05, 3.63) is 12.7 Å². The molecule has 0 unspecified atom stereocenters. The van der Waals surface area contributed by atoms with E-state index in [1.165, 1.54) is 17.3 Å². The predicted octanol–water partition coefficient (Wildman–Crippen LogP) is 0.125. The average molecular weight is 225 g/mol. The average Bonchev–Trinajstić information content (AvgIpc) is 2.90. The molecule has 1 saturated carbocycles. The maximum atomic E-state index is 11.5. The van der Waals surface area contributed by atoms with Crippen molar-refractivity contribution in [1.29, 1.82) is 0 Å². The lowest BCUT2D eigenvalue weighted by molar-refractivity contribution is -0.159. The Kier molecular flexibility index (Phi) is 3.51. The molecule has 6 heteroatoms. The van der Waals surface area contributed by atoms with Crippen molar-refractivity contribution in [3.8, 4) is 0 Å². The highest BCUT2D eigenvalue weighted by Gasteiger charge is 2.24. The number of carbonyl (C=O) groups is 1. The topological polar surface area (TPSA) is 77.2 Å². The molecule has 0 aliphatic heterocycles. The summed E-state index contributed by atoms with van der Waals surface area (Å²) in [6, 6.07) is 0. The molecule has 0 aromatic carbocycles. The van der Waals surface area contributed by atoms with Crippen molar-refractivity contribution in [2.75, 3.05) is 0 Å². The third kappa shape index (κ3) is 2.79. The van der Waals surface area contributed by atoms with Gasteiger partial charge in [-0.15, -0.1) is 0 Å². The Labute approximate surface area is 93.2 Å². The fraction of sp³-hybridized carbons (Fsp3) is 0.700. The molecule has 1 fully saturated rings. The number of esters is 1. The molecule has 1 aromatic rings. The number of aliphatic hydroxyl groups excluding tert-OH is 1. The first kappa shape index (κ1) is 11.1. The van der Waals surface area contributed by atoms with E-state index in [4.69, 9.17) is 4.74 Å². The van der Waals surface area contributed by atoms with Crippen LogP contribution in [-0.4, -0.2) is 38.0 Å². The third-order valence-corrected chi connectivity index (χ3v) is 2.68. The monoisotopic (exact) mass is 225 g/mol. The van der Waals surface area contributed by atoms with Crippen LogP contribution in [-0.2, 0) is 16.1 Å². The van der Waals surface area contributed by atoms with Gasteiger partial charge in [-0.3, -0.25) is 0 Å². The molecule has 2 rings (SSSR count). The molecular formula is C10H15N3O3. The number of hydrogen-bond acceptors (Lipinski definition) is 5. The summed E-state index contributed by atoms with van der Waals surface area (Å²) < 4.78 is 6.57. The molecule has 0 spiro atoms. The van der Waals surface area contributed by atoms with Gasteiger partial charge in [0.05, 0.1) is 6.54 Å². The predicted molar refractivity (Wildman–Crippen MR) is 54.4 cm³/mol. The van der Waals surface area contributed by atoms with Gasteiger partial charge < -0.3 is 9.84 Å². The van der Waals surface area contributed by atoms with Gasteiger partial charge in [-0.05, 0) is 25.7 Å². The van der Waals surface area contributed by atoms with Crippen LogP contribution in [0.4, 0.5) is 0 Å². The van der Waals surface area contributed by atoms with E-state index in [0.29, 0.717) is 0 Å². The minimum absolute atomic E-state index is 0.0158. The zero-order chi connectivity index (χ0) is 11.4. The molecule has 88 valence electrons. The van der Waals surface area contributed by atoms with E-state index in [-0.39, 0.29) is 12.6 Å². The van der Waals surface area contributed by atoms with Crippen LogP contribution in [0.2, 0.25) is 0 Å². The SMILES string of the molecule is O=C(OC1CCCC1)[C@H](O)Cn1cncn1. The summed E-state index contributed by atoms with van der Waals surface area (Å²) in [6.07, 6.45) is 5.62. The summed E-state index contributed by atoms with van der Waals surface area (Å²) in [5, 5.41) is 13.4. The molecular weight excluding hydrogens is 210 g/mol. The summed E-state index contributed by atoms with van der Waals surface area (Å²) in [4.78, 5) is 15.2. The van der Waals surface area contributed by atoms with E-state index >= 15 is 0 Å². The van der Waals surface area contributed by atoms with Gasteiger partial charge in [0.25, 0.3) is 0 Å². The molecule has 1 aromatic heterocycles. The molecule has 6 nitrogen and oxygen atoms in total. The highest BCUT2D eigenvalue weighted by Crippen LogP contribution is 2.21. The quantitative estimate of drug-likeness (QED) is 0.737. The Morgan fingerprint density at radius 3 is 2.94 bits per heavy atom. The second-order valence-corrected chi connectivity index (χ2v) is 3.98. The van der Waals surface area contributed by atoms with E-state index in [0.717, 1.165) is 25.7 Å². The van der Waals surface area contributed by atoms with E-state index in [1.807, 2.05) is 0 Å². The first-order valence-electron chi connectivity index (χ1n) is 5.46. The lowest BCUT2D eigenvalue weighted by Gasteiger charge is -2.14. The van der Waals surface area contributed by atoms with E-state index in [2.05, 4.69) is 10.1 Å². The smallest absolute Gasteiger partial charge is 0.337 e. The van der Waals surface area contributed by atoms with Gasteiger partial charge in [0.15, 0.2) is 6.10 Å². The molecule has 1 atom stereocenters. The molecule has 1 N–H and O–H groups in total. The van der Waals surface area contributed by atoms with Crippen LogP contribution in [0.1, 0.15) is 25.7 Å². The molecule has 1 heterocycles. The number of aliphatic hydroxyl groups is 1. The van der Waals surface area contributed by atoms with E-state index in [1.54, 1.807) is 0 Å². The van der Waals surface area contributed by atoms with Crippen LogP contribution in [0.15, 0.2) is 12.7 Å². The standard InChI is InChI=1S/C10H15N3O3/c14-9(5-13-7-11-6-12-13)10(15)16-8-3-1-2-4-8/h6-9,14H,1-5H2/t9-/m1/s1. The van der Waals surface area contributed by atoms with Crippen LogP contribution < -0.4 is 0 Å². The molecule has 0 radical (unpaired) electrons. The van der Waals surface area contributed by atoms with Gasteiger partial charge in [0, 0.05) is 0 Å². The van der Waals surface area contributed by atoms with Crippen LogP contribution in [0.25, 0.3) is 0 Å². The van der Waals surface area contributed by atoms with Gasteiger partial charge in [0.1, 0.15) is 18.8 Å². The second kappa shape index (κ2) is 5.07. The Bertz CT molecular complexity index is 333. The van der Waals surface area contributed by atoms with E-state index in [9.17, 15) is 9.90 Å². The number of ether oxygens (including phenoxy) is 1. The molecule has 1 aliphatic rings. The van der Waals surface area contributed by atoms with Crippen molar-refractivity contribution in [3.63, 3.8) is 0 Å². The van der Waals surface area contributed by atoms with Crippen LogP contribution >= 0.6 is 0 Å². The first-order chi connectivity index (χ1) is 7.75. The van der Waals surface area contributed by atoms with E-state index < -0.39 is 12.1 Å². The van der Waals surface area contributed by atoms with Crippen molar-refractivity contribution in [2.24, 2.45) is 0 Å². The summed E-state index contributed by atoms with van der Waals surface area (Å²) in [5.74, 6) is -0.567. The van der Waals surface area contributed by atoms with Gasteiger partial charge in [-0.25, -0.2) is 14.5 Å². The molecule has 0 amide bonds. The van der Waals surface area contributed by atoms with Crippen molar-refractivity contribution in [2.45, 2.75) is 44.4 Å². The van der Waals surface area contributed by atoms with Crippen LogP contribution in [0, 0.1) is 0 Å². The normalized spacial score (nSPS) is 18.6. The minimum Gasteiger partial charge on any atom is -0.460 e. The summed E-state index contributed by atoms with van der Waals surface area (Å²) in [5.41, 5.74) is 0. The zero-order valence-electron chi connectivity index (χ0n) is 8.95. The molecule has 1 aliphatic carbocycles. The summed E-state index contributed by atoms with van der Waals surface area (Å²) in [7, 11) is 0. The Balaban J connectivity index is 1.79. The lowest BCUT2D eigenvalue weighted by atomic mass is 10.3. The number of hydrogen-bond donors (Lipinski definition) is 1. The Morgan fingerprint density at radius 2 is 2.31 bits per heavy atom. The maximum Gasteiger partial charge on any atom is 0.337 e. The fourth-order valence-electron chi connectivity index (χ4n) is 1.83. The minimum atomic E-state index is -1.16. The Hall–Kier alpha value is -1.43. The lowest BCUT2D eigenvalue weighted by Crippen LogP contribution is -2.30. The van der Waals surface area contributed by atoms with Gasteiger partial charge >= 0.3 is 5.97 Å². The number of rotatable bonds is 4. The number of nitrogens with zero attached hydrogens (tertiary/aromatic N) is 3. The summed E-state index contributed by atoms with van der Waals surface area (Å²) in [6.45, 7) is 0.0888.